The molecule has 0 atom stereocenters. The van der Waals surface area contributed by atoms with Crippen LogP contribution in [0.1, 0.15) is 18.1 Å². The van der Waals surface area contributed by atoms with Gasteiger partial charge in [-0.2, -0.15) is 0 Å². The third-order valence-electron chi connectivity index (χ3n) is 3.43. The van der Waals surface area contributed by atoms with E-state index in [1.54, 1.807) is 0 Å². The summed E-state index contributed by atoms with van der Waals surface area (Å²) in [4.78, 5) is 2.18. The second-order valence-corrected chi connectivity index (χ2v) is 5.32. The summed E-state index contributed by atoms with van der Waals surface area (Å²) in [5.41, 5.74) is 4.71. The topological polar surface area (TPSA) is 15.3 Å². The van der Waals surface area contributed by atoms with Crippen molar-refractivity contribution in [2.75, 3.05) is 18.5 Å². The Morgan fingerprint density at radius 2 is 1.80 bits per heavy atom. The smallest absolute Gasteiger partial charge is 0.0471 e. The molecule has 0 saturated carbocycles. The molecule has 106 valence electrons. The maximum atomic E-state index is 6.36. The van der Waals surface area contributed by atoms with E-state index in [2.05, 4.69) is 61.4 Å². The number of anilines is 2. The van der Waals surface area contributed by atoms with E-state index in [0.717, 1.165) is 35.1 Å². The van der Waals surface area contributed by atoms with Crippen LogP contribution in [0.4, 0.5) is 11.4 Å². The van der Waals surface area contributed by atoms with Crippen molar-refractivity contribution < 1.29 is 0 Å². The van der Waals surface area contributed by atoms with Crippen LogP contribution < -0.4 is 10.2 Å². The zero-order chi connectivity index (χ0) is 14.5. The Morgan fingerprint density at radius 3 is 2.45 bits per heavy atom. The van der Waals surface area contributed by atoms with Gasteiger partial charge < -0.3 is 10.2 Å². The van der Waals surface area contributed by atoms with Gasteiger partial charge in [0.25, 0.3) is 0 Å². The molecule has 0 radical (unpaired) electrons. The lowest BCUT2D eigenvalue weighted by molar-refractivity contribution is 0.726. The van der Waals surface area contributed by atoms with Gasteiger partial charge in [0.1, 0.15) is 0 Å². The highest BCUT2D eigenvalue weighted by Gasteiger charge is 2.11. The minimum atomic E-state index is 0.779. The largest absolute Gasteiger partial charge is 0.344 e. The second kappa shape index (κ2) is 6.78. The Morgan fingerprint density at radius 1 is 1.10 bits per heavy atom. The number of benzene rings is 2. The second-order valence-electron chi connectivity index (χ2n) is 4.91. The SMILES string of the molecule is CCNCc1c(Cl)cccc1N(C)c1ccc(C)cc1. The minimum Gasteiger partial charge on any atom is -0.344 e. The molecule has 2 rings (SSSR count). The summed E-state index contributed by atoms with van der Waals surface area (Å²) in [5.74, 6) is 0. The average Bonchev–Trinajstić information content (AvgIpc) is 2.46. The molecule has 0 saturated heterocycles. The molecule has 2 aromatic carbocycles. The number of hydrogen-bond acceptors (Lipinski definition) is 2. The van der Waals surface area contributed by atoms with Gasteiger partial charge in [-0.3, -0.25) is 0 Å². The van der Waals surface area contributed by atoms with Gasteiger partial charge in [0.2, 0.25) is 0 Å². The molecular weight excluding hydrogens is 268 g/mol. The average molecular weight is 289 g/mol. The van der Waals surface area contributed by atoms with Crippen LogP contribution >= 0.6 is 11.6 Å². The van der Waals surface area contributed by atoms with Crippen LogP contribution in [0.3, 0.4) is 0 Å². The maximum Gasteiger partial charge on any atom is 0.0471 e. The summed E-state index contributed by atoms with van der Waals surface area (Å²) in [6.07, 6.45) is 0. The number of rotatable bonds is 5. The predicted molar refractivity (Wildman–Crippen MR) is 88.1 cm³/mol. The van der Waals surface area contributed by atoms with Gasteiger partial charge in [-0.05, 0) is 37.7 Å². The van der Waals surface area contributed by atoms with Crippen molar-refractivity contribution in [1.82, 2.24) is 5.32 Å². The fraction of sp³-hybridized carbons (Fsp3) is 0.294. The fourth-order valence-electron chi connectivity index (χ4n) is 2.19. The molecule has 0 aliphatic heterocycles. The van der Waals surface area contributed by atoms with E-state index in [9.17, 15) is 0 Å². The standard InChI is InChI=1S/C17H21ClN2/c1-4-19-12-15-16(18)6-5-7-17(15)20(3)14-10-8-13(2)9-11-14/h5-11,19H,4,12H2,1-3H3. The molecule has 0 spiro atoms. The van der Waals surface area contributed by atoms with E-state index < -0.39 is 0 Å². The van der Waals surface area contributed by atoms with Crippen LogP contribution in [0, 0.1) is 6.92 Å². The Labute approximate surface area is 126 Å². The fourth-order valence-corrected chi connectivity index (χ4v) is 2.43. The van der Waals surface area contributed by atoms with Crippen molar-refractivity contribution in [3.05, 3.63) is 58.6 Å². The summed E-state index contributed by atoms with van der Waals surface area (Å²) in [6.45, 7) is 5.90. The van der Waals surface area contributed by atoms with Crippen LogP contribution in [-0.2, 0) is 6.54 Å². The summed E-state index contributed by atoms with van der Waals surface area (Å²) < 4.78 is 0. The first-order valence-electron chi connectivity index (χ1n) is 6.92. The van der Waals surface area contributed by atoms with Crippen LogP contribution in [0.2, 0.25) is 5.02 Å². The van der Waals surface area contributed by atoms with Gasteiger partial charge in [0, 0.05) is 35.6 Å². The number of halogens is 1. The maximum absolute atomic E-state index is 6.36. The lowest BCUT2D eigenvalue weighted by Gasteiger charge is -2.23. The van der Waals surface area contributed by atoms with E-state index in [0.29, 0.717) is 0 Å². The molecular formula is C17H21ClN2. The molecule has 1 N–H and O–H groups in total. The number of hydrogen-bond donors (Lipinski definition) is 1. The molecule has 0 aliphatic carbocycles. The summed E-state index contributed by atoms with van der Waals surface area (Å²) in [6, 6.07) is 14.6. The molecule has 20 heavy (non-hydrogen) atoms. The van der Waals surface area contributed by atoms with Crippen molar-refractivity contribution in [2.24, 2.45) is 0 Å². The summed E-state index contributed by atoms with van der Waals surface area (Å²) >= 11 is 6.36. The number of aryl methyl sites for hydroxylation is 1. The molecule has 0 aromatic heterocycles. The third kappa shape index (κ3) is 3.33. The lowest BCUT2D eigenvalue weighted by atomic mass is 10.1. The predicted octanol–water partition coefficient (Wildman–Crippen LogP) is 4.53. The minimum absolute atomic E-state index is 0.779. The lowest BCUT2D eigenvalue weighted by Crippen LogP contribution is -2.17. The molecule has 0 aliphatic rings. The normalized spacial score (nSPS) is 10.6. The van der Waals surface area contributed by atoms with Crippen LogP contribution in [0.5, 0.6) is 0 Å². The molecule has 0 heterocycles. The Kier molecular flexibility index (Phi) is 5.05. The zero-order valence-corrected chi connectivity index (χ0v) is 13.0. The van der Waals surface area contributed by atoms with E-state index in [1.165, 1.54) is 5.56 Å². The van der Waals surface area contributed by atoms with E-state index in [1.807, 2.05) is 12.1 Å². The highest BCUT2D eigenvalue weighted by atomic mass is 35.5. The van der Waals surface area contributed by atoms with Crippen molar-refractivity contribution in [3.8, 4) is 0 Å². The Balaban J connectivity index is 2.35. The molecule has 3 heteroatoms. The molecule has 0 bridgehead atoms. The van der Waals surface area contributed by atoms with Crippen LogP contribution in [0.25, 0.3) is 0 Å². The molecule has 0 fully saturated rings. The van der Waals surface area contributed by atoms with Gasteiger partial charge >= 0.3 is 0 Å². The monoisotopic (exact) mass is 288 g/mol. The van der Waals surface area contributed by atoms with E-state index >= 15 is 0 Å². The molecule has 0 unspecified atom stereocenters. The molecule has 2 aromatic rings. The first-order chi connectivity index (χ1) is 9.63. The Bertz CT molecular complexity index is 564. The first-order valence-corrected chi connectivity index (χ1v) is 7.29. The van der Waals surface area contributed by atoms with Gasteiger partial charge in [0.05, 0.1) is 0 Å². The zero-order valence-electron chi connectivity index (χ0n) is 12.3. The van der Waals surface area contributed by atoms with E-state index in [4.69, 9.17) is 11.6 Å². The number of nitrogens with one attached hydrogen (secondary N) is 1. The van der Waals surface area contributed by atoms with Crippen molar-refractivity contribution in [3.63, 3.8) is 0 Å². The quantitative estimate of drug-likeness (QED) is 0.870. The van der Waals surface area contributed by atoms with Gasteiger partial charge in [-0.1, -0.05) is 42.3 Å². The molecule has 2 nitrogen and oxygen atoms in total. The first kappa shape index (κ1) is 14.9. The van der Waals surface area contributed by atoms with E-state index in [-0.39, 0.29) is 0 Å². The Hall–Kier alpha value is -1.51. The summed E-state index contributed by atoms with van der Waals surface area (Å²) in [5, 5.41) is 4.16. The highest BCUT2D eigenvalue weighted by molar-refractivity contribution is 6.31. The van der Waals surface area contributed by atoms with Crippen molar-refractivity contribution in [1.29, 1.82) is 0 Å². The summed E-state index contributed by atoms with van der Waals surface area (Å²) in [7, 11) is 2.08. The van der Waals surface area contributed by atoms with Crippen molar-refractivity contribution in [2.45, 2.75) is 20.4 Å². The van der Waals surface area contributed by atoms with Crippen LogP contribution in [0.15, 0.2) is 42.5 Å². The van der Waals surface area contributed by atoms with Crippen LogP contribution in [-0.4, -0.2) is 13.6 Å². The van der Waals surface area contributed by atoms with Gasteiger partial charge in [0.15, 0.2) is 0 Å². The highest BCUT2D eigenvalue weighted by Crippen LogP contribution is 2.31. The van der Waals surface area contributed by atoms with Gasteiger partial charge in [-0.15, -0.1) is 0 Å². The van der Waals surface area contributed by atoms with Crippen molar-refractivity contribution >= 4 is 23.0 Å². The molecule has 0 amide bonds. The van der Waals surface area contributed by atoms with Gasteiger partial charge in [-0.25, -0.2) is 0 Å². The third-order valence-corrected chi connectivity index (χ3v) is 3.78. The number of nitrogens with zero attached hydrogens (tertiary/aromatic N) is 1.